The van der Waals surface area contributed by atoms with Crippen LogP contribution in [0.2, 0.25) is 0 Å². The summed E-state index contributed by atoms with van der Waals surface area (Å²) >= 11 is 5.03. The summed E-state index contributed by atoms with van der Waals surface area (Å²) in [6.07, 6.45) is -4.59. The minimum absolute atomic E-state index is 0.0782. The first-order chi connectivity index (χ1) is 13.2. The van der Waals surface area contributed by atoms with E-state index in [0.717, 1.165) is 18.2 Å². The van der Waals surface area contributed by atoms with Gasteiger partial charge in [-0.25, -0.2) is 13.8 Å². The van der Waals surface area contributed by atoms with Crippen molar-refractivity contribution in [3.8, 4) is 0 Å². The number of hydrogen-bond donors (Lipinski definition) is 1. The summed E-state index contributed by atoms with van der Waals surface area (Å²) in [6.45, 7) is -0.236. The van der Waals surface area contributed by atoms with E-state index in [0.29, 0.717) is 0 Å². The number of ether oxygens (including phenoxy) is 1. The zero-order chi connectivity index (χ0) is 20.1. The Morgan fingerprint density at radius 3 is 2.39 bits per heavy atom. The van der Waals surface area contributed by atoms with Gasteiger partial charge in [-0.05, 0) is 36.0 Å². The summed E-state index contributed by atoms with van der Waals surface area (Å²) < 4.78 is 76.4. The predicted molar refractivity (Wildman–Crippen MR) is 90.7 cm³/mol. The molecule has 1 N–H and O–H groups in total. The van der Waals surface area contributed by atoms with E-state index < -0.39 is 40.6 Å². The average molecular weight is 413 g/mol. The van der Waals surface area contributed by atoms with Gasteiger partial charge in [0.25, 0.3) is 0 Å². The first-order valence-corrected chi connectivity index (χ1v) is 8.53. The van der Waals surface area contributed by atoms with Crippen LogP contribution in [0.25, 0.3) is 0 Å². The lowest BCUT2D eigenvalue weighted by Gasteiger charge is -2.17. The van der Waals surface area contributed by atoms with Gasteiger partial charge in [0.15, 0.2) is 0 Å². The molecule has 1 aliphatic rings. The molecule has 146 valence electrons. The Morgan fingerprint density at radius 1 is 1.11 bits per heavy atom. The number of aromatic nitrogens is 3. The number of nitrogens with zero attached hydrogens (tertiary/aromatic N) is 2. The molecule has 2 aromatic carbocycles. The zero-order valence-corrected chi connectivity index (χ0v) is 14.8. The van der Waals surface area contributed by atoms with Crippen LogP contribution in [0.4, 0.5) is 22.0 Å². The number of H-pyrrole nitrogens is 1. The topological polar surface area (TPSA) is 46.1 Å². The molecule has 0 bridgehead atoms. The summed E-state index contributed by atoms with van der Waals surface area (Å²) in [5.41, 5.74) is -3.29. The summed E-state index contributed by atoms with van der Waals surface area (Å²) in [7, 11) is 0. The van der Waals surface area contributed by atoms with Gasteiger partial charge >= 0.3 is 6.18 Å². The number of benzene rings is 2. The van der Waals surface area contributed by atoms with Gasteiger partial charge in [0.2, 0.25) is 4.77 Å². The second-order valence-electron chi connectivity index (χ2n) is 6.33. The lowest BCUT2D eigenvalue weighted by atomic mass is 9.88. The SMILES string of the molecule is Fc1cccc(F)c1C1(Cn2[nH]cnc2=S)OC1c1ccccc1C(F)(F)F. The Kier molecular flexibility index (Phi) is 4.35. The normalized spacial score (nSPS) is 21.7. The van der Waals surface area contributed by atoms with E-state index >= 15 is 0 Å². The van der Waals surface area contributed by atoms with Gasteiger partial charge < -0.3 is 4.74 Å². The monoisotopic (exact) mass is 413 g/mol. The molecule has 10 heteroatoms. The van der Waals surface area contributed by atoms with E-state index in [9.17, 15) is 22.0 Å². The van der Waals surface area contributed by atoms with E-state index in [4.69, 9.17) is 17.0 Å². The highest BCUT2D eigenvalue weighted by Crippen LogP contribution is 2.60. The lowest BCUT2D eigenvalue weighted by Crippen LogP contribution is -2.23. The highest BCUT2D eigenvalue weighted by molar-refractivity contribution is 7.71. The Labute approximate surface area is 160 Å². The second kappa shape index (κ2) is 6.49. The molecule has 0 aliphatic carbocycles. The average Bonchev–Trinajstić information content (AvgIpc) is 3.20. The van der Waals surface area contributed by atoms with E-state index in [1.165, 1.54) is 35.3 Å². The van der Waals surface area contributed by atoms with Gasteiger partial charge in [-0.15, -0.1) is 0 Å². The maximum absolute atomic E-state index is 14.5. The zero-order valence-electron chi connectivity index (χ0n) is 14.0. The van der Waals surface area contributed by atoms with Gasteiger partial charge in [-0.3, -0.25) is 9.78 Å². The largest absolute Gasteiger partial charge is 0.416 e. The van der Waals surface area contributed by atoms with Crippen molar-refractivity contribution in [3.63, 3.8) is 0 Å². The summed E-state index contributed by atoms with van der Waals surface area (Å²) in [6, 6.07) is 8.02. The third kappa shape index (κ3) is 3.02. The fourth-order valence-corrected chi connectivity index (χ4v) is 3.56. The first kappa shape index (κ1) is 18.8. The van der Waals surface area contributed by atoms with Crippen LogP contribution in [0.5, 0.6) is 0 Å². The Hall–Kier alpha value is -2.59. The molecule has 1 aromatic heterocycles. The van der Waals surface area contributed by atoms with Gasteiger partial charge in [-0.1, -0.05) is 24.3 Å². The van der Waals surface area contributed by atoms with Crippen LogP contribution >= 0.6 is 12.2 Å². The highest BCUT2D eigenvalue weighted by Gasteiger charge is 2.63. The van der Waals surface area contributed by atoms with Gasteiger partial charge in [0.1, 0.15) is 29.7 Å². The van der Waals surface area contributed by atoms with Crippen LogP contribution in [0.1, 0.15) is 22.8 Å². The van der Waals surface area contributed by atoms with Crippen LogP contribution in [-0.2, 0) is 23.1 Å². The number of alkyl halides is 3. The smallest absolute Gasteiger partial charge is 0.354 e. The molecule has 1 aliphatic heterocycles. The van der Waals surface area contributed by atoms with E-state index in [2.05, 4.69) is 10.1 Å². The molecule has 3 aromatic rings. The molecule has 4 nitrogen and oxygen atoms in total. The number of epoxide rings is 1. The maximum Gasteiger partial charge on any atom is 0.416 e. The van der Waals surface area contributed by atoms with E-state index in [-0.39, 0.29) is 16.9 Å². The van der Waals surface area contributed by atoms with Gasteiger partial charge in [-0.2, -0.15) is 13.2 Å². The van der Waals surface area contributed by atoms with Crippen molar-refractivity contribution in [3.05, 3.63) is 81.9 Å². The van der Waals surface area contributed by atoms with E-state index in [1.54, 1.807) is 0 Å². The number of aromatic amines is 1. The third-order valence-electron chi connectivity index (χ3n) is 4.64. The lowest BCUT2D eigenvalue weighted by molar-refractivity contribution is -0.138. The summed E-state index contributed by atoms with van der Waals surface area (Å²) in [4.78, 5) is 3.82. The van der Waals surface area contributed by atoms with Crippen LogP contribution in [0, 0.1) is 16.4 Å². The molecule has 4 rings (SSSR count). The molecular weight excluding hydrogens is 401 g/mol. The van der Waals surface area contributed by atoms with Gasteiger partial charge in [0.05, 0.1) is 17.7 Å². The molecule has 2 heterocycles. The third-order valence-corrected chi connectivity index (χ3v) is 4.97. The maximum atomic E-state index is 14.5. The molecule has 2 atom stereocenters. The molecule has 1 fully saturated rings. The number of halogens is 5. The van der Waals surface area contributed by atoms with Crippen molar-refractivity contribution in [2.75, 3.05) is 0 Å². The van der Waals surface area contributed by atoms with Crippen molar-refractivity contribution in [2.45, 2.75) is 24.4 Å². The molecule has 0 spiro atoms. The molecule has 1 saturated heterocycles. The Bertz CT molecular complexity index is 1070. The van der Waals surface area contributed by atoms with Crippen LogP contribution < -0.4 is 0 Å². The van der Waals surface area contributed by atoms with Crippen LogP contribution in [0.15, 0.2) is 48.8 Å². The molecular formula is C18H12F5N3OS. The highest BCUT2D eigenvalue weighted by atomic mass is 32.1. The number of nitrogens with one attached hydrogen (secondary N) is 1. The Morgan fingerprint density at radius 2 is 1.79 bits per heavy atom. The fourth-order valence-electron chi connectivity index (χ4n) is 3.39. The molecule has 0 saturated carbocycles. The van der Waals surface area contributed by atoms with E-state index in [1.807, 2.05) is 0 Å². The molecule has 0 radical (unpaired) electrons. The second-order valence-corrected chi connectivity index (χ2v) is 6.69. The fraction of sp³-hybridized carbons (Fsp3) is 0.222. The molecule has 2 unspecified atom stereocenters. The number of hydrogen-bond acceptors (Lipinski definition) is 3. The standard InChI is InChI=1S/C18H12F5N3OS/c19-12-6-3-7-13(20)14(12)17(8-26-16(28)24-9-25-26)15(27-17)10-4-1-2-5-11(10)18(21,22)23/h1-7,9,15H,8H2,(H,24,25,28). The first-order valence-electron chi connectivity index (χ1n) is 8.13. The minimum atomic E-state index is -4.65. The van der Waals surface area contributed by atoms with Crippen LogP contribution in [-0.4, -0.2) is 14.8 Å². The predicted octanol–water partition coefficient (Wildman–Crippen LogP) is 4.90. The molecule has 0 amide bonds. The van der Waals surface area contributed by atoms with Gasteiger partial charge in [0, 0.05) is 0 Å². The van der Waals surface area contributed by atoms with Crippen molar-refractivity contribution in [1.29, 1.82) is 0 Å². The quantitative estimate of drug-likeness (QED) is 0.376. The van der Waals surface area contributed by atoms with Crippen molar-refractivity contribution >= 4 is 12.2 Å². The number of rotatable bonds is 4. The summed E-state index contributed by atoms with van der Waals surface area (Å²) in [5.74, 6) is -1.84. The minimum Gasteiger partial charge on any atom is -0.354 e. The van der Waals surface area contributed by atoms with Crippen LogP contribution in [0.3, 0.4) is 0 Å². The Balaban J connectivity index is 1.87. The molecule has 28 heavy (non-hydrogen) atoms. The van der Waals surface area contributed by atoms with Crippen molar-refractivity contribution in [1.82, 2.24) is 14.8 Å². The summed E-state index contributed by atoms with van der Waals surface area (Å²) in [5, 5.41) is 2.68. The van der Waals surface area contributed by atoms with Crippen molar-refractivity contribution < 1.29 is 26.7 Å². The van der Waals surface area contributed by atoms with Crippen molar-refractivity contribution in [2.24, 2.45) is 0 Å².